The summed E-state index contributed by atoms with van der Waals surface area (Å²) in [5.41, 5.74) is -0.973. The summed E-state index contributed by atoms with van der Waals surface area (Å²) in [7, 11) is 1.59. The van der Waals surface area contributed by atoms with E-state index in [0.717, 1.165) is 12.8 Å². The highest BCUT2D eigenvalue weighted by Gasteiger charge is 2.54. The first-order chi connectivity index (χ1) is 8.66. The molecule has 1 aromatic rings. The van der Waals surface area contributed by atoms with Gasteiger partial charge in [-0.1, -0.05) is 0 Å². The van der Waals surface area contributed by atoms with E-state index in [1.165, 1.54) is 0 Å². The summed E-state index contributed by atoms with van der Waals surface area (Å²) in [4.78, 5) is 5.99. The van der Waals surface area contributed by atoms with Crippen LogP contribution in [0.15, 0.2) is 18.3 Å². The van der Waals surface area contributed by atoms with Crippen LogP contribution in [0.1, 0.15) is 19.3 Å². The number of aliphatic hydroxyl groups is 1. The third-order valence-corrected chi connectivity index (χ3v) is 3.97. The number of fused-ring (bicyclic) bond motifs is 1. The van der Waals surface area contributed by atoms with Crippen LogP contribution in [0.25, 0.3) is 0 Å². The van der Waals surface area contributed by atoms with Crippen LogP contribution in [0.5, 0.6) is 5.75 Å². The Balaban J connectivity index is 2.07. The summed E-state index contributed by atoms with van der Waals surface area (Å²) < 4.78 is 5.30. The van der Waals surface area contributed by atoms with Gasteiger partial charge in [-0.3, -0.25) is 4.90 Å². The summed E-state index contributed by atoms with van der Waals surface area (Å²) in [6.45, 7) is 0. The Morgan fingerprint density at radius 2 is 2.50 bits per heavy atom. The number of pyridine rings is 1. The number of anilines is 1. The van der Waals surface area contributed by atoms with Gasteiger partial charge in [0.05, 0.1) is 13.2 Å². The molecule has 0 amide bonds. The Morgan fingerprint density at radius 3 is 3.28 bits per heavy atom. The lowest BCUT2D eigenvalue weighted by Crippen LogP contribution is -2.49. The van der Waals surface area contributed by atoms with E-state index in [1.807, 2.05) is 6.07 Å². The number of rotatable bonds is 2. The molecular weight excluding hydrogens is 250 g/mol. The van der Waals surface area contributed by atoms with Crippen molar-refractivity contribution in [3.8, 4) is 5.75 Å². The second-order valence-corrected chi connectivity index (χ2v) is 5.02. The van der Waals surface area contributed by atoms with Gasteiger partial charge in [-0.15, -0.1) is 0 Å². The summed E-state index contributed by atoms with van der Waals surface area (Å²) in [5, 5.41) is 14.5. The van der Waals surface area contributed by atoms with Crippen LogP contribution in [-0.2, 0) is 0 Å². The maximum atomic E-state index is 10.8. The molecule has 0 bridgehead atoms. The maximum Gasteiger partial charge on any atom is 0.180 e. The third kappa shape index (κ3) is 1.49. The fourth-order valence-electron chi connectivity index (χ4n) is 2.81. The maximum absolute atomic E-state index is 10.8. The number of aromatic nitrogens is 1. The molecule has 0 radical (unpaired) electrons. The van der Waals surface area contributed by atoms with E-state index in [9.17, 15) is 5.11 Å². The van der Waals surface area contributed by atoms with Gasteiger partial charge in [-0.2, -0.15) is 0 Å². The predicted molar refractivity (Wildman–Crippen MR) is 71.6 cm³/mol. The van der Waals surface area contributed by atoms with E-state index in [-0.39, 0.29) is 6.04 Å². The van der Waals surface area contributed by atoms with Crippen LogP contribution in [0, 0.1) is 0 Å². The molecule has 0 aromatic carbocycles. The number of ether oxygens (including phenoxy) is 1. The molecule has 96 valence electrons. The zero-order chi connectivity index (χ0) is 12.8. The third-order valence-electron chi connectivity index (χ3n) is 3.67. The summed E-state index contributed by atoms with van der Waals surface area (Å²) >= 11 is 5.32. The number of nitrogens with one attached hydrogen (secondary N) is 1. The van der Waals surface area contributed by atoms with Gasteiger partial charge in [0.25, 0.3) is 0 Å². The van der Waals surface area contributed by atoms with E-state index >= 15 is 0 Å². The van der Waals surface area contributed by atoms with Gasteiger partial charge in [0.1, 0.15) is 0 Å². The minimum absolute atomic E-state index is 0.0169. The normalized spacial score (nSPS) is 30.2. The van der Waals surface area contributed by atoms with Crippen LogP contribution >= 0.6 is 12.2 Å². The molecule has 2 heterocycles. The van der Waals surface area contributed by atoms with E-state index in [0.29, 0.717) is 23.1 Å². The topological polar surface area (TPSA) is 57.6 Å². The molecule has 2 atom stereocenters. The molecular formula is C12H15N3O2S. The van der Waals surface area contributed by atoms with Gasteiger partial charge in [0.2, 0.25) is 0 Å². The molecule has 1 aliphatic heterocycles. The predicted octanol–water partition coefficient (Wildman–Crippen LogP) is 1.03. The van der Waals surface area contributed by atoms with Crippen molar-refractivity contribution in [1.29, 1.82) is 0 Å². The van der Waals surface area contributed by atoms with Gasteiger partial charge in [0.15, 0.2) is 22.4 Å². The molecule has 5 nitrogen and oxygen atoms in total. The van der Waals surface area contributed by atoms with Crippen LogP contribution in [0.2, 0.25) is 0 Å². The average Bonchev–Trinajstić information content (AvgIpc) is 2.82. The summed E-state index contributed by atoms with van der Waals surface area (Å²) in [6, 6.07) is 3.60. The minimum Gasteiger partial charge on any atom is -0.493 e. The van der Waals surface area contributed by atoms with E-state index < -0.39 is 5.72 Å². The summed E-state index contributed by atoms with van der Waals surface area (Å²) in [5.74, 6) is 1.19. The van der Waals surface area contributed by atoms with Gasteiger partial charge in [-0.05, 0) is 43.6 Å². The standard InChI is InChI=1S/C12H15N3O2S/c1-17-8-4-3-7-13-10(8)15-11(18)14-9-5-2-6-12(9,15)16/h3-4,7,9,16H,2,5-6H2,1H3,(H,14,18). The number of hydrogen-bond acceptors (Lipinski definition) is 4. The SMILES string of the molecule is COc1cccnc1N1C(=S)NC2CCCC21O. The highest BCUT2D eigenvalue weighted by Crippen LogP contribution is 2.42. The smallest absolute Gasteiger partial charge is 0.180 e. The summed E-state index contributed by atoms with van der Waals surface area (Å²) in [6.07, 6.45) is 4.25. The molecule has 2 aliphatic rings. The minimum atomic E-state index is -0.973. The van der Waals surface area contributed by atoms with Crippen molar-refractivity contribution in [2.75, 3.05) is 12.0 Å². The Morgan fingerprint density at radius 1 is 1.67 bits per heavy atom. The van der Waals surface area contributed by atoms with Gasteiger partial charge in [0, 0.05) is 6.20 Å². The van der Waals surface area contributed by atoms with E-state index in [1.54, 1.807) is 24.3 Å². The molecule has 1 aliphatic carbocycles. The second-order valence-electron chi connectivity index (χ2n) is 4.64. The zero-order valence-corrected chi connectivity index (χ0v) is 10.9. The quantitative estimate of drug-likeness (QED) is 0.779. The van der Waals surface area contributed by atoms with Crippen LogP contribution < -0.4 is 15.0 Å². The van der Waals surface area contributed by atoms with Crippen molar-refractivity contribution < 1.29 is 9.84 Å². The highest BCUT2D eigenvalue weighted by atomic mass is 32.1. The lowest BCUT2D eigenvalue weighted by Gasteiger charge is -2.32. The molecule has 1 saturated heterocycles. The van der Waals surface area contributed by atoms with Crippen molar-refractivity contribution in [2.24, 2.45) is 0 Å². The van der Waals surface area contributed by atoms with Crippen LogP contribution in [0.3, 0.4) is 0 Å². The average molecular weight is 265 g/mol. The first-order valence-electron chi connectivity index (χ1n) is 5.99. The number of thiocarbonyl (C=S) groups is 1. The first kappa shape index (κ1) is 11.7. The Bertz CT molecular complexity index is 496. The largest absolute Gasteiger partial charge is 0.493 e. The Labute approximate surface area is 111 Å². The molecule has 0 spiro atoms. The highest BCUT2D eigenvalue weighted by molar-refractivity contribution is 7.80. The molecule has 1 saturated carbocycles. The molecule has 18 heavy (non-hydrogen) atoms. The monoisotopic (exact) mass is 265 g/mol. The molecule has 2 fully saturated rings. The Kier molecular flexibility index (Phi) is 2.64. The van der Waals surface area contributed by atoms with Crippen LogP contribution in [0.4, 0.5) is 5.82 Å². The lowest BCUT2D eigenvalue weighted by molar-refractivity contribution is 0.0494. The fraction of sp³-hybridized carbons (Fsp3) is 0.500. The Hall–Kier alpha value is -1.40. The van der Waals surface area contributed by atoms with Gasteiger partial charge >= 0.3 is 0 Å². The van der Waals surface area contributed by atoms with Gasteiger partial charge < -0.3 is 15.2 Å². The van der Waals surface area contributed by atoms with Crippen molar-refractivity contribution in [2.45, 2.75) is 31.0 Å². The van der Waals surface area contributed by atoms with Gasteiger partial charge in [-0.25, -0.2) is 4.98 Å². The zero-order valence-electron chi connectivity index (χ0n) is 10.1. The van der Waals surface area contributed by atoms with Crippen molar-refractivity contribution in [3.63, 3.8) is 0 Å². The van der Waals surface area contributed by atoms with Crippen molar-refractivity contribution in [1.82, 2.24) is 10.3 Å². The van der Waals surface area contributed by atoms with E-state index in [2.05, 4.69) is 10.3 Å². The molecule has 3 rings (SSSR count). The molecule has 1 aromatic heterocycles. The molecule has 2 N–H and O–H groups in total. The first-order valence-corrected chi connectivity index (χ1v) is 6.40. The van der Waals surface area contributed by atoms with E-state index in [4.69, 9.17) is 17.0 Å². The van der Waals surface area contributed by atoms with Crippen molar-refractivity contribution in [3.05, 3.63) is 18.3 Å². The molecule has 2 unspecified atom stereocenters. The number of hydrogen-bond donors (Lipinski definition) is 2. The van der Waals surface area contributed by atoms with Crippen molar-refractivity contribution >= 4 is 23.1 Å². The fourth-order valence-corrected chi connectivity index (χ4v) is 3.19. The second kappa shape index (κ2) is 4.07. The number of nitrogens with zero attached hydrogens (tertiary/aromatic N) is 2. The van der Waals surface area contributed by atoms with Crippen LogP contribution in [-0.4, -0.2) is 34.1 Å². The molecule has 6 heteroatoms. The lowest BCUT2D eigenvalue weighted by atomic mass is 10.1. The number of methoxy groups -OCH3 is 1.